The predicted molar refractivity (Wildman–Crippen MR) is 109 cm³/mol. The van der Waals surface area contributed by atoms with E-state index in [0.717, 1.165) is 16.5 Å². The van der Waals surface area contributed by atoms with Crippen molar-refractivity contribution in [3.63, 3.8) is 0 Å². The Balaban J connectivity index is 1.65. The molecule has 0 saturated heterocycles. The Kier molecular flexibility index (Phi) is 5.77. The lowest BCUT2D eigenvalue weighted by molar-refractivity contribution is -0.128. The third kappa shape index (κ3) is 4.18. The molecule has 152 valence electrons. The number of ether oxygens (including phenoxy) is 2. The van der Waals surface area contributed by atoms with Crippen molar-refractivity contribution in [3.05, 3.63) is 58.8 Å². The molecule has 7 heteroatoms. The zero-order chi connectivity index (χ0) is 21.1. The Morgan fingerprint density at radius 2 is 1.79 bits per heavy atom. The molecule has 1 heterocycles. The maximum absolute atomic E-state index is 12.5. The number of furan rings is 1. The van der Waals surface area contributed by atoms with Crippen molar-refractivity contribution in [2.45, 2.75) is 33.8 Å². The molecule has 1 atom stereocenters. The summed E-state index contributed by atoms with van der Waals surface area (Å²) in [5, 5.41) is 0.771. The number of aryl methyl sites for hydroxylation is 2. The Morgan fingerprint density at radius 3 is 2.52 bits per heavy atom. The van der Waals surface area contributed by atoms with Crippen molar-refractivity contribution in [3.8, 4) is 11.5 Å². The first-order valence-electron chi connectivity index (χ1n) is 9.22. The fraction of sp³-hybridized carbons (Fsp3) is 0.273. The number of amides is 2. The number of methoxy groups -OCH3 is 1. The highest BCUT2D eigenvalue weighted by Gasteiger charge is 2.21. The van der Waals surface area contributed by atoms with Crippen LogP contribution in [0.25, 0.3) is 11.0 Å². The summed E-state index contributed by atoms with van der Waals surface area (Å²) in [5.74, 6) is 0.386. The number of carbonyl (C=O) groups excluding carboxylic acids is 2. The number of hydrogen-bond acceptors (Lipinski definition) is 5. The van der Waals surface area contributed by atoms with Crippen molar-refractivity contribution in [2.75, 3.05) is 7.11 Å². The van der Waals surface area contributed by atoms with Gasteiger partial charge >= 0.3 is 5.91 Å². The van der Waals surface area contributed by atoms with Crippen LogP contribution in [-0.4, -0.2) is 25.0 Å². The second kappa shape index (κ2) is 8.26. The average molecular weight is 396 g/mol. The van der Waals surface area contributed by atoms with Crippen LogP contribution < -0.4 is 20.3 Å². The summed E-state index contributed by atoms with van der Waals surface area (Å²) < 4.78 is 16.6. The summed E-state index contributed by atoms with van der Waals surface area (Å²) in [4.78, 5) is 24.8. The van der Waals surface area contributed by atoms with Crippen molar-refractivity contribution < 1.29 is 23.5 Å². The zero-order valence-corrected chi connectivity index (χ0v) is 17.1. The van der Waals surface area contributed by atoms with E-state index in [1.165, 1.54) is 0 Å². The van der Waals surface area contributed by atoms with Gasteiger partial charge in [-0.1, -0.05) is 12.1 Å². The molecule has 2 aromatic carbocycles. The monoisotopic (exact) mass is 396 g/mol. The Bertz CT molecular complexity index is 1070. The van der Waals surface area contributed by atoms with Crippen LogP contribution in [0.3, 0.4) is 0 Å². The first-order valence-corrected chi connectivity index (χ1v) is 9.22. The largest absolute Gasteiger partial charge is 0.497 e. The van der Waals surface area contributed by atoms with Gasteiger partial charge in [0.1, 0.15) is 17.1 Å². The van der Waals surface area contributed by atoms with E-state index < -0.39 is 17.9 Å². The highest BCUT2D eigenvalue weighted by molar-refractivity contribution is 6.00. The topological polar surface area (TPSA) is 89.8 Å². The Hall–Kier alpha value is -3.48. The van der Waals surface area contributed by atoms with E-state index in [4.69, 9.17) is 13.9 Å². The van der Waals surface area contributed by atoms with E-state index in [1.807, 2.05) is 26.0 Å². The van der Waals surface area contributed by atoms with Gasteiger partial charge < -0.3 is 13.9 Å². The van der Waals surface area contributed by atoms with Gasteiger partial charge in [-0.15, -0.1) is 0 Å². The van der Waals surface area contributed by atoms with Gasteiger partial charge in [0, 0.05) is 10.9 Å². The number of nitrogens with one attached hydrogen (secondary N) is 2. The van der Waals surface area contributed by atoms with Crippen LogP contribution in [0.4, 0.5) is 0 Å². The second-order valence-corrected chi connectivity index (χ2v) is 6.82. The summed E-state index contributed by atoms with van der Waals surface area (Å²) in [6.07, 6.45) is -0.795. The van der Waals surface area contributed by atoms with Gasteiger partial charge in [0.2, 0.25) is 0 Å². The van der Waals surface area contributed by atoms with Gasteiger partial charge in [-0.25, -0.2) is 0 Å². The molecule has 0 aliphatic rings. The highest BCUT2D eigenvalue weighted by Crippen LogP contribution is 2.28. The van der Waals surface area contributed by atoms with E-state index in [2.05, 4.69) is 10.9 Å². The smallest absolute Gasteiger partial charge is 0.305 e. The molecule has 0 radical (unpaired) electrons. The number of fused-ring (bicyclic) bond motifs is 1. The molecule has 2 N–H and O–H groups in total. The molecule has 0 fully saturated rings. The van der Waals surface area contributed by atoms with Crippen LogP contribution in [0.1, 0.15) is 34.2 Å². The average Bonchev–Trinajstić information content (AvgIpc) is 3.05. The van der Waals surface area contributed by atoms with E-state index in [0.29, 0.717) is 22.6 Å². The molecule has 1 aromatic heterocycles. The lowest BCUT2D eigenvalue weighted by Crippen LogP contribution is -2.47. The normalized spacial score (nSPS) is 11.8. The molecule has 0 saturated carbocycles. The third-order valence-electron chi connectivity index (χ3n) is 4.88. The van der Waals surface area contributed by atoms with Crippen LogP contribution in [0.5, 0.6) is 11.5 Å². The van der Waals surface area contributed by atoms with E-state index in [9.17, 15) is 9.59 Å². The van der Waals surface area contributed by atoms with Crippen LogP contribution in [-0.2, 0) is 4.79 Å². The maximum atomic E-state index is 12.5. The van der Waals surface area contributed by atoms with Crippen molar-refractivity contribution in [1.82, 2.24) is 10.9 Å². The maximum Gasteiger partial charge on any atom is 0.305 e. The molecular formula is C22H24N2O5. The predicted octanol–water partition coefficient (Wildman–Crippen LogP) is 3.60. The molecule has 0 aliphatic heterocycles. The first kappa shape index (κ1) is 20.3. The molecule has 3 aromatic rings. The lowest BCUT2D eigenvalue weighted by Gasteiger charge is -2.17. The minimum Gasteiger partial charge on any atom is -0.497 e. The summed E-state index contributed by atoms with van der Waals surface area (Å²) in [6, 6.07) is 10.9. The molecule has 7 nitrogen and oxygen atoms in total. The van der Waals surface area contributed by atoms with E-state index in [1.54, 1.807) is 45.2 Å². The summed E-state index contributed by atoms with van der Waals surface area (Å²) in [5.41, 5.74) is 8.01. The molecule has 0 spiro atoms. The van der Waals surface area contributed by atoms with Gasteiger partial charge in [-0.3, -0.25) is 20.4 Å². The number of hydrazine groups is 1. The van der Waals surface area contributed by atoms with E-state index >= 15 is 0 Å². The van der Waals surface area contributed by atoms with Crippen LogP contribution >= 0.6 is 0 Å². The number of hydrogen-bond donors (Lipinski definition) is 2. The first-order chi connectivity index (χ1) is 13.8. The number of rotatable bonds is 5. The van der Waals surface area contributed by atoms with Crippen molar-refractivity contribution in [2.24, 2.45) is 0 Å². The van der Waals surface area contributed by atoms with Crippen LogP contribution in [0.15, 0.2) is 40.8 Å². The Morgan fingerprint density at radius 1 is 1.03 bits per heavy atom. The van der Waals surface area contributed by atoms with E-state index in [-0.39, 0.29) is 5.76 Å². The standard InChI is InChI=1S/C22H24N2O5/c1-12-7-6-8-18(13(12)2)28-15(4)21(25)23-24-22(26)20-14(3)17-11-16(27-5)9-10-19(17)29-20/h6-11,15H,1-5H3,(H,23,25)(H,24,26)/t15-/m1/s1. The summed E-state index contributed by atoms with van der Waals surface area (Å²) >= 11 is 0. The highest BCUT2D eigenvalue weighted by atomic mass is 16.5. The Labute approximate surface area is 169 Å². The fourth-order valence-corrected chi connectivity index (χ4v) is 2.92. The van der Waals surface area contributed by atoms with Gasteiger partial charge in [-0.2, -0.15) is 0 Å². The molecule has 2 amide bonds. The molecule has 29 heavy (non-hydrogen) atoms. The minimum atomic E-state index is -0.795. The summed E-state index contributed by atoms with van der Waals surface area (Å²) in [6.45, 7) is 7.28. The third-order valence-corrected chi connectivity index (χ3v) is 4.88. The van der Waals surface area contributed by atoms with Gasteiger partial charge in [0.05, 0.1) is 7.11 Å². The molecule has 0 aliphatic carbocycles. The van der Waals surface area contributed by atoms with Crippen molar-refractivity contribution in [1.29, 1.82) is 0 Å². The van der Waals surface area contributed by atoms with Gasteiger partial charge in [0.25, 0.3) is 5.91 Å². The molecule has 3 rings (SSSR count). The van der Waals surface area contributed by atoms with Crippen LogP contribution in [0.2, 0.25) is 0 Å². The second-order valence-electron chi connectivity index (χ2n) is 6.82. The fourth-order valence-electron chi connectivity index (χ4n) is 2.92. The quantitative estimate of drug-likeness (QED) is 0.643. The summed E-state index contributed by atoms with van der Waals surface area (Å²) in [7, 11) is 1.57. The zero-order valence-electron chi connectivity index (χ0n) is 17.1. The molecule has 0 bridgehead atoms. The minimum absolute atomic E-state index is 0.122. The van der Waals surface area contributed by atoms with Gasteiger partial charge in [-0.05, 0) is 63.1 Å². The molecule has 0 unspecified atom stereocenters. The number of carbonyl (C=O) groups is 2. The van der Waals surface area contributed by atoms with Crippen molar-refractivity contribution >= 4 is 22.8 Å². The number of benzene rings is 2. The van der Waals surface area contributed by atoms with Crippen LogP contribution in [0, 0.1) is 20.8 Å². The van der Waals surface area contributed by atoms with Gasteiger partial charge in [0.15, 0.2) is 11.9 Å². The SMILES string of the molecule is COc1ccc2oc(C(=O)NNC(=O)[C@@H](C)Oc3cccc(C)c3C)c(C)c2c1. The molecular weight excluding hydrogens is 372 g/mol. The lowest BCUT2D eigenvalue weighted by atomic mass is 10.1.